The Morgan fingerprint density at radius 2 is 1.92 bits per heavy atom. The number of esters is 1. The molecule has 1 fully saturated rings. The fourth-order valence-corrected chi connectivity index (χ4v) is 3.69. The SMILES string of the molecule is COC(=O)c1cc(F)c(CC(C)(C)C2CCN(C(=O)O)CC2)cc1C. The second kappa shape index (κ2) is 7.42. The van der Waals surface area contributed by atoms with Crippen LogP contribution in [0.15, 0.2) is 12.1 Å². The van der Waals surface area contributed by atoms with Gasteiger partial charge >= 0.3 is 12.1 Å². The molecule has 0 radical (unpaired) electrons. The highest BCUT2D eigenvalue weighted by atomic mass is 19.1. The van der Waals surface area contributed by atoms with E-state index in [0.717, 1.165) is 12.8 Å². The minimum atomic E-state index is -0.878. The van der Waals surface area contributed by atoms with Gasteiger partial charge in [0.05, 0.1) is 12.7 Å². The molecule has 0 aromatic heterocycles. The van der Waals surface area contributed by atoms with E-state index < -0.39 is 17.9 Å². The highest BCUT2D eigenvalue weighted by Crippen LogP contribution is 2.38. The van der Waals surface area contributed by atoms with Crippen molar-refractivity contribution >= 4 is 12.1 Å². The molecule has 5 nitrogen and oxygen atoms in total. The van der Waals surface area contributed by atoms with Crippen molar-refractivity contribution in [1.29, 1.82) is 0 Å². The lowest BCUT2D eigenvalue weighted by Gasteiger charge is -2.40. The van der Waals surface area contributed by atoms with Gasteiger partial charge in [-0.25, -0.2) is 14.0 Å². The Balaban J connectivity index is 2.14. The van der Waals surface area contributed by atoms with E-state index in [0.29, 0.717) is 36.6 Å². The number of nitrogens with zero attached hydrogens (tertiary/aromatic N) is 1. The van der Waals surface area contributed by atoms with Gasteiger partial charge in [0.15, 0.2) is 0 Å². The zero-order chi connectivity index (χ0) is 18.8. The first kappa shape index (κ1) is 19.2. The van der Waals surface area contributed by atoms with Crippen molar-refractivity contribution in [2.24, 2.45) is 11.3 Å². The topological polar surface area (TPSA) is 66.8 Å². The lowest BCUT2D eigenvalue weighted by atomic mass is 9.70. The predicted molar refractivity (Wildman–Crippen MR) is 92.3 cm³/mol. The van der Waals surface area contributed by atoms with Gasteiger partial charge in [-0.2, -0.15) is 0 Å². The fourth-order valence-electron chi connectivity index (χ4n) is 3.69. The number of aryl methyl sites for hydroxylation is 1. The minimum absolute atomic E-state index is 0.162. The number of halogens is 1. The number of carbonyl (C=O) groups excluding carboxylic acids is 1. The predicted octanol–water partition coefficient (Wildman–Crippen LogP) is 3.88. The Kier molecular flexibility index (Phi) is 5.70. The van der Waals surface area contributed by atoms with Crippen molar-refractivity contribution in [3.63, 3.8) is 0 Å². The average molecular weight is 351 g/mol. The van der Waals surface area contributed by atoms with E-state index in [4.69, 9.17) is 5.11 Å². The largest absolute Gasteiger partial charge is 0.465 e. The second-order valence-corrected chi connectivity index (χ2v) is 7.46. The van der Waals surface area contributed by atoms with E-state index in [1.165, 1.54) is 18.1 Å². The summed E-state index contributed by atoms with van der Waals surface area (Å²) >= 11 is 0. The van der Waals surface area contributed by atoms with Crippen LogP contribution < -0.4 is 0 Å². The molecule has 0 aliphatic carbocycles. The third-order valence-corrected chi connectivity index (χ3v) is 5.32. The van der Waals surface area contributed by atoms with Crippen LogP contribution in [-0.2, 0) is 11.2 Å². The molecule has 0 unspecified atom stereocenters. The van der Waals surface area contributed by atoms with Crippen LogP contribution in [0, 0.1) is 24.1 Å². The number of hydrogen-bond donors (Lipinski definition) is 1. The first-order valence-electron chi connectivity index (χ1n) is 8.51. The van der Waals surface area contributed by atoms with Gasteiger partial charge in [-0.05, 0) is 54.7 Å². The summed E-state index contributed by atoms with van der Waals surface area (Å²) in [6.07, 6.45) is 1.22. The molecule has 0 spiro atoms. The summed E-state index contributed by atoms with van der Waals surface area (Å²) in [5.74, 6) is -0.617. The molecule has 1 aliphatic heterocycles. The van der Waals surface area contributed by atoms with Crippen LogP contribution in [0.1, 0.15) is 48.2 Å². The molecular weight excluding hydrogens is 325 g/mol. The van der Waals surface area contributed by atoms with Gasteiger partial charge in [0.1, 0.15) is 5.82 Å². The Bertz CT molecular complexity index is 664. The van der Waals surface area contributed by atoms with Crippen LogP contribution in [0.4, 0.5) is 9.18 Å². The van der Waals surface area contributed by atoms with E-state index in [-0.39, 0.29) is 11.0 Å². The van der Waals surface area contributed by atoms with Crippen LogP contribution in [-0.4, -0.2) is 42.3 Å². The Morgan fingerprint density at radius 3 is 2.44 bits per heavy atom. The van der Waals surface area contributed by atoms with E-state index >= 15 is 0 Å². The van der Waals surface area contributed by atoms with E-state index in [2.05, 4.69) is 18.6 Å². The first-order chi connectivity index (χ1) is 11.7. The number of methoxy groups -OCH3 is 1. The maximum atomic E-state index is 14.5. The second-order valence-electron chi connectivity index (χ2n) is 7.46. The number of benzene rings is 1. The number of hydrogen-bond acceptors (Lipinski definition) is 3. The molecule has 1 aromatic rings. The quantitative estimate of drug-likeness (QED) is 0.836. The summed E-state index contributed by atoms with van der Waals surface area (Å²) in [7, 11) is 1.28. The summed E-state index contributed by atoms with van der Waals surface area (Å²) in [4.78, 5) is 24.1. The van der Waals surface area contributed by atoms with Gasteiger partial charge in [-0.15, -0.1) is 0 Å². The number of rotatable bonds is 4. The minimum Gasteiger partial charge on any atom is -0.465 e. The van der Waals surface area contributed by atoms with Gasteiger partial charge in [-0.3, -0.25) is 0 Å². The maximum Gasteiger partial charge on any atom is 0.407 e. The Morgan fingerprint density at radius 1 is 1.32 bits per heavy atom. The summed E-state index contributed by atoms with van der Waals surface area (Å²) in [6.45, 7) is 7.00. The van der Waals surface area contributed by atoms with Crippen LogP contribution in [0.2, 0.25) is 0 Å². The van der Waals surface area contributed by atoms with Gasteiger partial charge < -0.3 is 14.7 Å². The van der Waals surface area contributed by atoms with Crippen LogP contribution >= 0.6 is 0 Å². The molecule has 0 bridgehead atoms. The normalized spacial score (nSPS) is 16.0. The van der Waals surface area contributed by atoms with Crippen molar-refractivity contribution in [3.8, 4) is 0 Å². The average Bonchev–Trinajstić information content (AvgIpc) is 2.57. The molecule has 6 heteroatoms. The van der Waals surface area contributed by atoms with Crippen molar-refractivity contribution in [1.82, 2.24) is 4.90 Å². The van der Waals surface area contributed by atoms with Crippen molar-refractivity contribution in [2.75, 3.05) is 20.2 Å². The van der Waals surface area contributed by atoms with Crippen LogP contribution in [0.3, 0.4) is 0 Å². The van der Waals surface area contributed by atoms with E-state index in [1.54, 1.807) is 13.0 Å². The first-order valence-corrected chi connectivity index (χ1v) is 8.51. The van der Waals surface area contributed by atoms with Crippen molar-refractivity contribution < 1.29 is 23.8 Å². The van der Waals surface area contributed by atoms with Gasteiger partial charge in [0, 0.05) is 13.1 Å². The highest BCUT2D eigenvalue weighted by Gasteiger charge is 2.34. The lowest BCUT2D eigenvalue weighted by Crippen LogP contribution is -2.42. The van der Waals surface area contributed by atoms with Gasteiger partial charge in [0.25, 0.3) is 0 Å². The summed E-state index contributed by atoms with van der Waals surface area (Å²) in [5, 5.41) is 9.06. The van der Waals surface area contributed by atoms with E-state index in [1.807, 2.05) is 0 Å². The summed E-state index contributed by atoms with van der Waals surface area (Å²) in [5.41, 5.74) is 1.36. The zero-order valence-corrected chi connectivity index (χ0v) is 15.3. The number of carboxylic acid groups (broad SMARTS) is 1. The highest BCUT2D eigenvalue weighted by molar-refractivity contribution is 5.91. The van der Waals surface area contributed by atoms with Crippen molar-refractivity contribution in [2.45, 2.75) is 40.0 Å². The van der Waals surface area contributed by atoms with Crippen molar-refractivity contribution in [3.05, 3.63) is 34.6 Å². The molecule has 0 saturated carbocycles. The Hall–Kier alpha value is -2.11. The summed E-state index contributed by atoms with van der Waals surface area (Å²) < 4.78 is 19.2. The fraction of sp³-hybridized carbons (Fsp3) is 0.579. The molecule has 25 heavy (non-hydrogen) atoms. The molecule has 1 N–H and O–H groups in total. The zero-order valence-electron chi connectivity index (χ0n) is 15.3. The number of amides is 1. The Labute approximate surface area is 147 Å². The smallest absolute Gasteiger partial charge is 0.407 e. The molecule has 1 heterocycles. The third kappa shape index (κ3) is 4.30. The number of likely N-dealkylation sites (tertiary alicyclic amines) is 1. The molecule has 1 aliphatic rings. The number of piperidine rings is 1. The maximum absolute atomic E-state index is 14.5. The summed E-state index contributed by atoms with van der Waals surface area (Å²) in [6, 6.07) is 2.97. The third-order valence-electron chi connectivity index (χ3n) is 5.32. The molecular formula is C19H26FNO4. The van der Waals surface area contributed by atoms with Crippen LogP contribution in [0.25, 0.3) is 0 Å². The molecule has 1 aromatic carbocycles. The van der Waals surface area contributed by atoms with Crippen LogP contribution in [0.5, 0.6) is 0 Å². The lowest BCUT2D eigenvalue weighted by molar-refractivity contribution is 0.0599. The number of carbonyl (C=O) groups is 2. The van der Waals surface area contributed by atoms with Gasteiger partial charge in [0.2, 0.25) is 0 Å². The molecule has 1 amide bonds. The molecule has 2 rings (SSSR count). The standard InChI is InChI=1S/C19H26FNO4/c1-12-9-13(16(20)10-15(12)17(22)25-4)11-19(2,3)14-5-7-21(8-6-14)18(23)24/h9-10,14H,5-8,11H2,1-4H3,(H,23,24). The molecule has 138 valence electrons. The molecule has 1 saturated heterocycles. The number of ether oxygens (including phenoxy) is 1. The van der Waals surface area contributed by atoms with Gasteiger partial charge in [-0.1, -0.05) is 19.9 Å². The monoisotopic (exact) mass is 351 g/mol. The van der Waals surface area contributed by atoms with E-state index in [9.17, 15) is 14.0 Å². The molecule has 0 atom stereocenters.